The fourth-order valence-electron chi connectivity index (χ4n) is 1.92. The zero-order valence-electron chi connectivity index (χ0n) is 12.1. The van der Waals surface area contributed by atoms with Crippen LogP contribution < -0.4 is 5.32 Å². The quantitative estimate of drug-likeness (QED) is 0.906. The molecule has 3 heteroatoms. The molecule has 0 unspecified atom stereocenters. The highest BCUT2D eigenvalue weighted by atomic mass is 15.1. The van der Waals surface area contributed by atoms with E-state index in [2.05, 4.69) is 67.4 Å². The number of benzene rings is 1. The smallest absolute Gasteiger partial charge is 0.130 e. The van der Waals surface area contributed by atoms with Gasteiger partial charge in [0.25, 0.3) is 0 Å². The summed E-state index contributed by atoms with van der Waals surface area (Å²) in [7, 11) is 4.11. The molecule has 100 valence electrons. The van der Waals surface area contributed by atoms with Crippen LogP contribution in [0.5, 0.6) is 0 Å². The van der Waals surface area contributed by atoms with Gasteiger partial charge < -0.3 is 10.2 Å². The normalized spacial score (nSPS) is 10.8. The van der Waals surface area contributed by atoms with Crippen LogP contribution in [-0.4, -0.2) is 24.0 Å². The van der Waals surface area contributed by atoms with E-state index in [9.17, 15) is 0 Å². The maximum absolute atomic E-state index is 4.44. The van der Waals surface area contributed by atoms with Gasteiger partial charge in [0.05, 0.1) is 0 Å². The molecule has 0 aliphatic rings. The highest BCUT2D eigenvalue weighted by Crippen LogP contribution is 2.18. The fraction of sp³-hybridized carbons (Fsp3) is 0.312. The topological polar surface area (TPSA) is 28.2 Å². The van der Waals surface area contributed by atoms with E-state index in [4.69, 9.17) is 0 Å². The van der Waals surface area contributed by atoms with Crippen molar-refractivity contribution in [3.05, 3.63) is 53.2 Å². The number of anilines is 2. The first-order valence-corrected chi connectivity index (χ1v) is 6.48. The molecule has 0 aliphatic heterocycles. The van der Waals surface area contributed by atoms with Crippen molar-refractivity contribution in [3.63, 3.8) is 0 Å². The zero-order valence-corrected chi connectivity index (χ0v) is 12.1. The van der Waals surface area contributed by atoms with Gasteiger partial charge in [0, 0.05) is 18.4 Å². The molecular formula is C16H21N3. The van der Waals surface area contributed by atoms with E-state index in [1.165, 1.54) is 16.7 Å². The standard InChI is InChI=1S/C16H21N3/c1-12-5-7-15(9-13(12)2)18-16-8-6-14(10-17-16)11-19(3)4/h5-10H,11H2,1-4H3,(H,17,18). The Hall–Kier alpha value is -1.87. The Labute approximate surface area is 115 Å². The molecule has 0 atom stereocenters. The first-order chi connectivity index (χ1) is 9.04. The molecule has 19 heavy (non-hydrogen) atoms. The van der Waals surface area contributed by atoms with Gasteiger partial charge in [0.2, 0.25) is 0 Å². The molecule has 0 bridgehead atoms. The van der Waals surface area contributed by atoms with Gasteiger partial charge in [0.15, 0.2) is 0 Å². The van der Waals surface area contributed by atoms with Crippen molar-refractivity contribution in [2.24, 2.45) is 0 Å². The minimum Gasteiger partial charge on any atom is -0.340 e. The minimum absolute atomic E-state index is 0.880. The van der Waals surface area contributed by atoms with E-state index in [0.29, 0.717) is 0 Å². The molecule has 2 rings (SSSR count). The zero-order chi connectivity index (χ0) is 13.8. The Morgan fingerprint density at radius 2 is 1.84 bits per heavy atom. The predicted molar refractivity (Wildman–Crippen MR) is 80.8 cm³/mol. The Balaban J connectivity index is 2.08. The molecule has 0 fully saturated rings. The Kier molecular flexibility index (Phi) is 4.17. The van der Waals surface area contributed by atoms with Gasteiger partial charge in [-0.25, -0.2) is 4.98 Å². The van der Waals surface area contributed by atoms with Crippen LogP contribution in [0.25, 0.3) is 0 Å². The highest BCUT2D eigenvalue weighted by Gasteiger charge is 2.00. The van der Waals surface area contributed by atoms with Gasteiger partial charge in [-0.15, -0.1) is 0 Å². The molecule has 1 heterocycles. The van der Waals surface area contributed by atoms with Crippen molar-refractivity contribution in [2.75, 3.05) is 19.4 Å². The summed E-state index contributed by atoms with van der Waals surface area (Å²) in [5.74, 6) is 0.880. The molecule has 0 aliphatic carbocycles. The van der Waals surface area contributed by atoms with Crippen molar-refractivity contribution >= 4 is 11.5 Å². The number of pyridine rings is 1. The van der Waals surface area contributed by atoms with E-state index < -0.39 is 0 Å². The minimum atomic E-state index is 0.880. The third-order valence-electron chi connectivity index (χ3n) is 3.10. The van der Waals surface area contributed by atoms with Crippen LogP contribution in [0.1, 0.15) is 16.7 Å². The summed E-state index contributed by atoms with van der Waals surface area (Å²) in [6, 6.07) is 10.5. The first kappa shape index (κ1) is 13.6. The van der Waals surface area contributed by atoms with Gasteiger partial charge >= 0.3 is 0 Å². The van der Waals surface area contributed by atoms with Crippen LogP contribution in [0.3, 0.4) is 0 Å². The van der Waals surface area contributed by atoms with E-state index in [0.717, 1.165) is 18.1 Å². The number of aromatic nitrogens is 1. The molecule has 1 aromatic carbocycles. The van der Waals surface area contributed by atoms with E-state index in [1.54, 1.807) is 0 Å². The maximum Gasteiger partial charge on any atom is 0.130 e. The molecule has 0 spiro atoms. The van der Waals surface area contributed by atoms with Crippen molar-refractivity contribution in [1.82, 2.24) is 9.88 Å². The van der Waals surface area contributed by atoms with Gasteiger partial charge in [-0.1, -0.05) is 12.1 Å². The first-order valence-electron chi connectivity index (χ1n) is 6.48. The van der Waals surface area contributed by atoms with Crippen molar-refractivity contribution < 1.29 is 0 Å². The molecule has 0 radical (unpaired) electrons. The molecule has 0 amide bonds. The molecule has 0 saturated carbocycles. The average molecular weight is 255 g/mol. The summed E-state index contributed by atoms with van der Waals surface area (Å²) in [6.07, 6.45) is 1.92. The second-order valence-electron chi connectivity index (χ2n) is 5.21. The number of nitrogens with zero attached hydrogens (tertiary/aromatic N) is 2. The van der Waals surface area contributed by atoms with Gasteiger partial charge in [-0.2, -0.15) is 0 Å². The second-order valence-corrected chi connectivity index (χ2v) is 5.21. The third-order valence-corrected chi connectivity index (χ3v) is 3.10. The summed E-state index contributed by atoms with van der Waals surface area (Å²) < 4.78 is 0. The van der Waals surface area contributed by atoms with Crippen molar-refractivity contribution in [3.8, 4) is 0 Å². The van der Waals surface area contributed by atoms with E-state index in [1.807, 2.05) is 12.3 Å². The van der Waals surface area contributed by atoms with Crippen LogP contribution in [0.15, 0.2) is 36.5 Å². The van der Waals surface area contributed by atoms with Crippen LogP contribution >= 0.6 is 0 Å². The number of hydrogen-bond acceptors (Lipinski definition) is 3. The highest BCUT2D eigenvalue weighted by molar-refractivity contribution is 5.57. The SMILES string of the molecule is Cc1ccc(Nc2ccc(CN(C)C)cn2)cc1C. The summed E-state index contributed by atoms with van der Waals surface area (Å²) in [4.78, 5) is 6.57. The second kappa shape index (κ2) is 5.85. The van der Waals surface area contributed by atoms with Gasteiger partial charge in [0.1, 0.15) is 5.82 Å². The lowest BCUT2D eigenvalue weighted by atomic mass is 10.1. The molecule has 0 saturated heterocycles. The van der Waals surface area contributed by atoms with Crippen LogP contribution in [0.4, 0.5) is 11.5 Å². The number of aryl methyl sites for hydroxylation is 2. The van der Waals surface area contributed by atoms with Crippen LogP contribution in [-0.2, 0) is 6.54 Å². The van der Waals surface area contributed by atoms with E-state index in [-0.39, 0.29) is 0 Å². The lowest BCUT2D eigenvalue weighted by molar-refractivity contribution is 0.402. The third kappa shape index (κ3) is 3.80. The number of nitrogens with one attached hydrogen (secondary N) is 1. The predicted octanol–water partition coefficient (Wildman–Crippen LogP) is 3.50. The molecular weight excluding hydrogens is 234 g/mol. The molecule has 3 nitrogen and oxygen atoms in total. The monoisotopic (exact) mass is 255 g/mol. The Morgan fingerprint density at radius 3 is 2.42 bits per heavy atom. The lowest BCUT2D eigenvalue weighted by Crippen LogP contribution is -2.10. The summed E-state index contributed by atoms with van der Waals surface area (Å²) in [5.41, 5.74) is 4.89. The summed E-state index contributed by atoms with van der Waals surface area (Å²) in [6.45, 7) is 5.15. The molecule has 1 aromatic heterocycles. The van der Waals surface area contributed by atoms with Gasteiger partial charge in [-0.05, 0) is 62.8 Å². The number of hydrogen-bond donors (Lipinski definition) is 1. The van der Waals surface area contributed by atoms with E-state index >= 15 is 0 Å². The number of rotatable bonds is 4. The fourth-order valence-corrected chi connectivity index (χ4v) is 1.92. The van der Waals surface area contributed by atoms with Crippen LogP contribution in [0, 0.1) is 13.8 Å². The maximum atomic E-state index is 4.44. The summed E-state index contributed by atoms with van der Waals surface area (Å²) >= 11 is 0. The van der Waals surface area contributed by atoms with Crippen molar-refractivity contribution in [1.29, 1.82) is 0 Å². The Morgan fingerprint density at radius 1 is 1.05 bits per heavy atom. The van der Waals surface area contributed by atoms with Crippen molar-refractivity contribution in [2.45, 2.75) is 20.4 Å². The molecule has 1 N–H and O–H groups in total. The largest absolute Gasteiger partial charge is 0.340 e. The summed E-state index contributed by atoms with van der Waals surface area (Å²) in [5, 5.41) is 3.33. The van der Waals surface area contributed by atoms with Crippen LogP contribution in [0.2, 0.25) is 0 Å². The van der Waals surface area contributed by atoms with Gasteiger partial charge in [-0.3, -0.25) is 0 Å². The lowest BCUT2D eigenvalue weighted by Gasteiger charge is -2.11. The average Bonchev–Trinajstić information content (AvgIpc) is 2.36. The Bertz CT molecular complexity index is 544. The molecule has 2 aromatic rings.